The number of nitrogens with zero attached hydrogens (tertiary/aromatic N) is 4. The molecule has 2 aromatic carbocycles. The molecule has 0 spiro atoms. The van der Waals surface area contributed by atoms with Gasteiger partial charge in [-0.1, -0.05) is 6.92 Å². The van der Waals surface area contributed by atoms with Crippen molar-refractivity contribution in [2.45, 2.75) is 42.3 Å². The van der Waals surface area contributed by atoms with Crippen LogP contribution in [0.2, 0.25) is 0 Å². The Morgan fingerprint density at radius 3 is 2.49 bits per heavy atom. The molecule has 0 saturated heterocycles. The number of aliphatic hydroxyl groups excluding tert-OH is 1. The average Bonchev–Trinajstić information content (AvgIpc) is 3.43. The number of methoxy groups -OCH3 is 1. The summed E-state index contributed by atoms with van der Waals surface area (Å²) >= 11 is 0. The van der Waals surface area contributed by atoms with Gasteiger partial charge in [-0.05, 0) is 49.4 Å². The number of aliphatic hydroxyl groups is 1. The molecule has 0 fully saturated rings. The van der Waals surface area contributed by atoms with Crippen LogP contribution in [-0.4, -0.2) is 92.6 Å². The molecule has 1 aromatic heterocycles. The van der Waals surface area contributed by atoms with Crippen LogP contribution < -0.4 is 14.2 Å². The van der Waals surface area contributed by atoms with Crippen LogP contribution >= 0.6 is 0 Å². The van der Waals surface area contributed by atoms with Gasteiger partial charge < -0.3 is 24.0 Å². The van der Waals surface area contributed by atoms with E-state index < -0.39 is 32.2 Å². The molecule has 3 atom stereocenters. The van der Waals surface area contributed by atoms with Gasteiger partial charge in [-0.15, -0.1) is 0 Å². The Hall–Kier alpha value is -3.66. The molecule has 1 aliphatic rings. The van der Waals surface area contributed by atoms with E-state index in [1.54, 1.807) is 20.0 Å². The van der Waals surface area contributed by atoms with Crippen LogP contribution in [0.15, 0.2) is 64.9 Å². The number of rotatable bonds is 10. The van der Waals surface area contributed by atoms with E-state index in [9.17, 15) is 26.7 Å². The molecule has 1 amide bonds. The minimum absolute atomic E-state index is 0.0261. The zero-order valence-electron chi connectivity index (χ0n) is 24.7. The highest BCUT2D eigenvalue weighted by atomic mass is 32.2. The molecule has 2 N–H and O–H groups in total. The van der Waals surface area contributed by atoms with Crippen LogP contribution in [0.3, 0.4) is 0 Å². The average molecular weight is 636 g/mol. The molecule has 0 unspecified atom stereocenters. The van der Waals surface area contributed by atoms with E-state index in [1.165, 1.54) is 72.5 Å². The lowest BCUT2D eigenvalue weighted by Crippen LogP contribution is -2.48. The van der Waals surface area contributed by atoms with Crippen LogP contribution in [-0.2, 0) is 38.3 Å². The number of aryl methyl sites for hydroxylation is 1. The number of fused-ring (bicyclic) bond motifs is 1. The number of hydrogen-bond acceptors (Lipinski definition) is 9. The molecule has 0 radical (unpaired) electrons. The molecule has 0 bridgehead atoms. The minimum atomic E-state index is -3.96. The maximum absolute atomic E-state index is 13.5. The van der Waals surface area contributed by atoms with Crippen molar-refractivity contribution in [1.82, 2.24) is 18.8 Å². The lowest BCUT2D eigenvalue weighted by molar-refractivity contribution is -0.134. The maximum Gasteiger partial charge on any atom is 0.261 e. The Morgan fingerprint density at radius 2 is 1.88 bits per heavy atom. The lowest BCUT2D eigenvalue weighted by Gasteiger charge is -2.33. The molecule has 13 nitrogen and oxygen atoms in total. The number of likely N-dealkylation sites (N-methyl/N-ethyl adjacent to an activating group) is 1. The summed E-state index contributed by atoms with van der Waals surface area (Å²) in [5.41, 5.74) is 0.621. The second-order valence-electron chi connectivity index (χ2n) is 10.7. The Kier molecular flexibility index (Phi) is 9.69. The van der Waals surface area contributed by atoms with E-state index in [0.717, 1.165) is 4.31 Å². The first kappa shape index (κ1) is 32.3. The summed E-state index contributed by atoms with van der Waals surface area (Å²) in [6.07, 6.45) is 1.98. The number of anilines is 1. The first-order valence-electron chi connectivity index (χ1n) is 13.6. The number of aromatic nitrogens is 2. The fourth-order valence-corrected chi connectivity index (χ4v) is 6.90. The van der Waals surface area contributed by atoms with Crippen molar-refractivity contribution < 1.29 is 36.2 Å². The summed E-state index contributed by atoms with van der Waals surface area (Å²) in [5.74, 6) is 0.192. The van der Waals surface area contributed by atoms with E-state index >= 15 is 0 Å². The summed E-state index contributed by atoms with van der Waals surface area (Å²) in [7, 11) is -3.31. The van der Waals surface area contributed by atoms with Gasteiger partial charge in [0.1, 0.15) is 17.6 Å². The van der Waals surface area contributed by atoms with Crippen molar-refractivity contribution in [2.24, 2.45) is 13.0 Å². The van der Waals surface area contributed by atoms with Crippen molar-refractivity contribution in [2.75, 3.05) is 38.6 Å². The van der Waals surface area contributed by atoms with E-state index in [2.05, 4.69) is 9.71 Å². The minimum Gasteiger partial charge on any atom is -0.497 e. The van der Waals surface area contributed by atoms with E-state index in [4.69, 9.17) is 9.47 Å². The summed E-state index contributed by atoms with van der Waals surface area (Å²) in [4.78, 5) is 19.0. The molecule has 2 heterocycles. The van der Waals surface area contributed by atoms with Crippen LogP contribution in [0.1, 0.15) is 19.4 Å². The van der Waals surface area contributed by atoms with Crippen molar-refractivity contribution in [3.63, 3.8) is 0 Å². The van der Waals surface area contributed by atoms with Crippen molar-refractivity contribution >= 4 is 31.6 Å². The highest BCUT2D eigenvalue weighted by Crippen LogP contribution is 2.31. The Labute approximate surface area is 252 Å². The number of carbonyl (C=O) groups is 1. The van der Waals surface area contributed by atoms with Gasteiger partial charge in [-0.3, -0.25) is 9.52 Å². The molecule has 43 heavy (non-hydrogen) atoms. The highest BCUT2D eigenvalue weighted by Gasteiger charge is 2.34. The van der Waals surface area contributed by atoms with E-state index in [-0.39, 0.29) is 53.6 Å². The molecule has 234 valence electrons. The standard InChI is InChI=1S/C28H37N5O8S2/c1-19-14-33(20(2)17-34)28(35)13-21-12-22(30-42(36,37)24-9-7-23(40-5)8-10-24)6-11-25(21)41-26(19)15-32(4)43(38,39)27-16-31(3)18-29-27/h6-12,16,18-20,26,30,34H,13-15,17H2,1-5H3/t19-,20-,26-/m0/s1. The van der Waals surface area contributed by atoms with Crippen LogP contribution in [0, 0.1) is 5.92 Å². The number of sulfonamides is 2. The molecule has 0 aliphatic carbocycles. The number of amides is 1. The van der Waals surface area contributed by atoms with Gasteiger partial charge in [0, 0.05) is 44.0 Å². The second-order valence-corrected chi connectivity index (χ2v) is 14.3. The topological polar surface area (TPSA) is 160 Å². The molecule has 15 heteroatoms. The first-order chi connectivity index (χ1) is 20.2. The van der Waals surface area contributed by atoms with Gasteiger partial charge >= 0.3 is 0 Å². The second kappa shape index (κ2) is 12.9. The lowest BCUT2D eigenvalue weighted by atomic mass is 10.0. The number of ether oxygens (including phenoxy) is 2. The molecular formula is C28H37N5O8S2. The number of benzene rings is 2. The van der Waals surface area contributed by atoms with Crippen LogP contribution in [0.25, 0.3) is 0 Å². The molecule has 3 aromatic rings. The number of carbonyl (C=O) groups excluding carboxylic acids is 1. The summed E-state index contributed by atoms with van der Waals surface area (Å²) in [5, 5.41) is 9.77. The Balaban J connectivity index is 1.67. The monoisotopic (exact) mass is 635 g/mol. The molecule has 4 rings (SSSR count). The summed E-state index contributed by atoms with van der Waals surface area (Å²) in [6, 6.07) is 10.0. The van der Waals surface area contributed by atoms with Gasteiger partial charge in [0.05, 0.1) is 43.9 Å². The van der Waals surface area contributed by atoms with Crippen molar-refractivity contribution in [3.8, 4) is 11.5 Å². The van der Waals surface area contributed by atoms with Crippen molar-refractivity contribution in [3.05, 3.63) is 60.6 Å². The SMILES string of the molecule is COc1ccc(S(=O)(=O)Nc2ccc3c(c2)CC(=O)N([C@@H](C)CO)C[C@H](C)[C@H](CN(C)S(=O)(=O)c2cn(C)cn2)O3)cc1. The fourth-order valence-electron chi connectivity index (χ4n) is 4.71. The van der Waals surface area contributed by atoms with Crippen LogP contribution in [0.4, 0.5) is 5.69 Å². The maximum atomic E-state index is 13.5. The van der Waals surface area contributed by atoms with E-state index in [0.29, 0.717) is 17.1 Å². The summed E-state index contributed by atoms with van der Waals surface area (Å²) in [6.45, 7) is 3.44. The number of imidazole rings is 1. The first-order valence-corrected chi connectivity index (χ1v) is 16.5. The third kappa shape index (κ3) is 7.29. The number of nitrogens with one attached hydrogen (secondary N) is 1. The Morgan fingerprint density at radius 1 is 1.19 bits per heavy atom. The normalized spacial score (nSPS) is 18.7. The summed E-state index contributed by atoms with van der Waals surface area (Å²) < 4.78 is 69.3. The predicted octanol–water partition coefficient (Wildman–Crippen LogP) is 1.70. The van der Waals surface area contributed by atoms with Gasteiger partial charge in [-0.2, -0.15) is 4.31 Å². The van der Waals surface area contributed by atoms with E-state index in [1.807, 2.05) is 6.92 Å². The smallest absolute Gasteiger partial charge is 0.261 e. The molecular weight excluding hydrogens is 598 g/mol. The van der Waals surface area contributed by atoms with Gasteiger partial charge in [0.15, 0.2) is 5.03 Å². The third-order valence-corrected chi connectivity index (χ3v) is 10.4. The number of hydrogen-bond donors (Lipinski definition) is 2. The largest absolute Gasteiger partial charge is 0.497 e. The fraction of sp³-hybridized carbons (Fsp3) is 0.429. The van der Waals surface area contributed by atoms with Crippen molar-refractivity contribution in [1.29, 1.82) is 0 Å². The van der Waals surface area contributed by atoms with Gasteiger partial charge in [0.25, 0.3) is 20.0 Å². The highest BCUT2D eigenvalue weighted by molar-refractivity contribution is 7.92. The zero-order valence-corrected chi connectivity index (χ0v) is 26.3. The Bertz CT molecular complexity index is 1660. The zero-order chi connectivity index (χ0) is 31.5. The predicted molar refractivity (Wildman–Crippen MR) is 159 cm³/mol. The molecule has 0 saturated carbocycles. The van der Waals surface area contributed by atoms with Gasteiger partial charge in [0.2, 0.25) is 5.91 Å². The quantitative estimate of drug-likeness (QED) is 0.338. The van der Waals surface area contributed by atoms with Crippen LogP contribution in [0.5, 0.6) is 11.5 Å². The van der Waals surface area contributed by atoms with Gasteiger partial charge in [-0.25, -0.2) is 21.8 Å². The molecule has 1 aliphatic heterocycles. The third-order valence-electron chi connectivity index (χ3n) is 7.33.